The fourth-order valence-corrected chi connectivity index (χ4v) is 6.83. The highest BCUT2D eigenvalue weighted by atomic mass is 33.2. The van der Waals surface area contributed by atoms with Crippen LogP contribution in [-0.2, 0) is 9.06 Å². The van der Waals surface area contributed by atoms with Crippen LogP contribution in [0.15, 0.2) is 65.8 Å². The van der Waals surface area contributed by atoms with E-state index in [0.717, 1.165) is 19.8 Å². The maximum atomic E-state index is 12.9. The molecule has 2 aromatic carbocycles. The Morgan fingerprint density at radius 1 is 1.00 bits per heavy atom. The average molecular weight is 372 g/mol. The summed E-state index contributed by atoms with van der Waals surface area (Å²) in [5.74, 6) is 0. The summed E-state index contributed by atoms with van der Waals surface area (Å²) in [5, 5.41) is 13.8. The van der Waals surface area contributed by atoms with Crippen LogP contribution in [0.25, 0.3) is 0 Å². The monoisotopic (exact) mass is 372 g/mol. The van der Waals surface area contributed by atoms with Gasteiger partial charge in [0, 0.05) is 19.7 Å². The molecule has 0 bridgehead atoms. The summed E-state index contributed by atoms with van der Waals surface area (Å²) in [6.07, 6.45) is 1.91. The Bertz CT molecular complexity index is 992. The second-order valence-corrected chi connectivity index (χ2v) is 10.4. The summed E-state index contributed by atoms with van der Waals surface area (Å²) in [5.41, 5.74) is 2.00. The molecule has 0 saturated heterocycles. The molecule has 0 aromatic heterocycles. The molecule has 1 aliphatic rings. The van der Waals surface area contributed by atoms with Gasteiger partial charge in [-0.15, -0.1) is 9.52 Å². The van der Waals surface area contributed by atoms with Crippen LogP contribution in [0.1, 0.15) is 11.1 Å². The molecule has 6 nitrogen and oxygen atoms in total. The molecule has 2 aromatic rings. The van der Waals surface area contributed by atoms with Gasteiger partial charge in [-0.3, -0.25) is 0 Å². The first-order chi connectivity index (χ1) is 12.0. The van der Waals surface area contributed by atoms with E-state index in [9.17, 15) is 13.7 Å². The lowest BCUT2D eigenvalue weighted by Crippen LogP contribution is -2.25. The summed E-state index contributed by atoms with van der Waals surface area (Å²) in [4.78, 5) is 0.530. The Balaban J connectivity index is 2.34. The highest BCUT2D eigenvalue weighted by Crippen LogP contribution is 2.39. The lowest BCUT2D eigenvalue weighted by molar-refractivity contribution is 0.536. The van der Waals surface area contributed by atoms with Crippen molar-refractivity contribution in [2.75, 3.05) is 14.1 Å². The zero-order chi connectivity index (χ0) is 18.0. The normalized spacial score (nSPS) is 17.5. The van der Waals surface area contributed by atoms with Crippen LogP contribution in [0.4, 0.5) is 0 Å². The van der Waals surface area contributed by atoms with Crippen LogP contribution in [0.2, 0.25) is 0 Å². The smallest absolute Gasteiger partial charge is 0.199 e. The lowest BCUT2D eigenvalue weighted by atomic mass is 10.0. The number of hydrogen-bond acceptors (Lipinski definition) is 5. The molecule has 1 aliphatic heterocycles. The molecule has 0 radical (unpaired) electrons. The molecule has 1 heterocycles. The zero-order valence-electron chi connectivity index (χ0n) is 13.7. The Kier molecular flexibility index (Phi) is 4.72. The van der Waals surface area contributed by atoms with Crippen molar-refractivity contribution in [1.29, 1.82) is 5.26 Å². The molecule has 0 N–H and O–H groups in total. The van der Waals surface area contributed by atoms with Crippen molar-refractivity contribution in [2.24, 2.45) is 5.10 Å². The van der Waals surface area contributed by atoms with Gasteiger partial charge < -0.3 is 0 Å². The molecule has 25 heavy (non-hydrogen) atoms. The maximum Gasteiger partial charge on any atom is 0.282 e. The van der Waals surface area contributed by atoms with Crippen molar-refractivity contribution in [1.82, 2.24) is 8.72 Å². The van der Waals surface area contributed by atoms with Gasteiger partial charge in [0.15, 0.2) is 0 Å². The predicted octanol–water partition coefficient (Wildman–Crippen LogP) is 2.40. The molecular formula is C17H16N4O2S2. The van der Waals surface area contributed by atoms with Crippen molar-refractivity contribution >= 4 is 29.3 Å². The number of hydrazone groups is 1. The molecular weight excluding hydrogens is 356 g/mol. The van der Waals surface area contributed by atoms with Gasteiger partial charge in [-0.05, 0) is 5.56 Å². The van der Waals surface area contributed by atoms with E-state index in [1.165, 1.54) is 14.1 Å². The van der Waals surface area contributed by atoms with Gasteiger partial charge in [-0.25, -0.2) is 0 Å². The first-order valence-corrected chi connectivity index (χ1v) is 10.5. The van der Waals surface area contributed by atoms with Crippen molar-refractivity contribution in [3.8, 4) is 6.19 Å². The van der Waals surface area contributed by atoms with Gasteiger partial charge in [-0.1, -0.05) is 60.7 Å². The quantitative estimate of drug-likeness (QED) is 0.469. The Morgan fingerprint density at radius 3 is 2.00 bits per heavy atom. The Labute approximate surface area is 149 Å². The predicted molar refractivity (Wildman–Crippen MR) is 101 cm³/mol. The zero-order valence-corrected chi connectivity index (χ0v) is 15.3. The van der Waals surface area contributed by atoms with Gasteiger partial charge in [-0.2, -0.15) is 18.0 Å². The molecule has 0 fully saturated rings. The second-order valence-electron chi connectivity index (χ2n) is 5.37. The highest BCUT2D eigenvalue weighted by molar-refractivity contribution is 8.78. The standard InChI is InChI=1S/C17H16N4O2S2/c1-20(2)25(22,23)24-17(15-11-7-4-8-12-15)16(19-21(24)13-18)14-9-5-3-6-10-14/h3-12H,1-2H3. The molecule has 0 amide bonds. The summed E-state index contributed by atoms with van der Waals surface area (Å²) < 4.78 is 27.9. The summed E-state index contributed by atoms with van der Waals surface area (Å²) in [6, 6.07) is 18.5. The van der Waals surface area contributed by atoms with Crippen LogP contribution < -0.4 is 0 Å². The van der Waals surface area contributed by atoms with E-state index in [-0.39, 0.29) is 0 Å². The number of nitrogens with zero attached hydrogens (tertiary/aromatic N) is 4. The largest absolute Gasteiger partial charge is 0.282 e. The maximum absolute atomic E-state index is 12.9. The van der Waals surface area contributed by atoms with Gasteiger partial charge in [0.2, 0.25) is 6.19 Å². The van der Waals surface area contributed by atoms with Crippen molar-refractivity contribution < 1.29 is 8.42 Å². The topological polar surface area (TPSA) is 76.8 Å². The highest BCUT2D eigenvalue weighted by Gasteiger charge is 2.37. The Hall–Kier alpha value is -2.47. The number of rotatable bonds is 4. The number of benzene rings is 2. The Morgan fingerprint density at radius 2 is 1.52 bits per heavy atom. The van der Waals surface area contributed by atoms with Crippen LogP contribution in [-0.4, -0.2) is 41.8 Å². The molecule has 0 saturated carbocycles. The first kappa shape index (κ1) is 17.4. The van der Waals surface area contributed by atoms with Gasteiger partial charge in [0.05, 0.1) is 14.6 Å². The van der Waals surface area contributed by atoms with Gasteiger partial charge >= 0.3 is 0 Å². The first-order valence-electron chi connectivity index (χ1n) is 7.41. The minimum Gasteiger partial charge on any atom is -0.199 e. The van der Waals surface area contributed by atoms with E-state index in [2.05, 4.69) is 5.10 Å². The molecule has 0 spiro atoms. The van der Waals surface area contributed by atoms with Crippen LogP contribution in [0.5, 0.6) is 0 Å². The summed E-state index contributed by atoms with van der Waals surface area (Å²) in [7, 11) is -2.39. The third-order valence-electron chi connectivity index (χ3n) is 3.55. The molecule has 0 aliphatic carbocycles. The molecule has 8 heteroatoms. The number of nitriles is 1. The minimum atomic E-state index is -3.76. The van der Waals surface area contributed by atoms with E-state index >= 15 is 0 Å². The molecule has 3 rings (SSSR count). The fourth-order valence-electron chi connectivity index (χ4n) is 2.35. The lowest BCUT2D eigenvalue weighted by Gasteiger charge is -2.18. The average Bonchev–Trinajstić information content (AvgIpc) is 3.03. The second kappa shape index (κ2) is 6.80. The third kappa shape index (κ3) is 3.09. The van der Waals surface area contributed by atoms with Crippen molar-refractivity contribution in [3.63, 3.8) is 0 Å². The molecule has 1 atom stereocenters. The molecule has 1 unspecified atom stereocenters. The van der Waals surface area contributed by atoms with Gasteiger partial charge in [0.1, 0.15) is 5.71 Å². The van der Waals surface area contributed by atoms with Crippen LogP contribution in [0, 0.1) is 11.5 Å². The van der Waals surface area contributed by atoms with E-state index < -0.39 is 18.8 Å². The van der Waals surface area contributed by atoms with Crippen LogP contribution in [0.3, 0.4) is 0 Å². The summed E-state index contributed by atoms with van der Waals surface area (Å²) in [6.45, 7) is 0. The fraction of sp³-hybridized carbons (Fsp3) is 0.118. The minimum absolute atomic E-state index is 0.502. The van der Waals surface area contributed by atoms with Crippen LogP contribution >= 0.6 is 9.70 Å². The van der Waals surface area contributed by atoms with E-state index in [4.69, 9.17) is 0 Å². The van der Waals surface area contributed by atoms with Crippen molar-refractivity contribution in [2.45, 2.75) is 0 Å². The van der Waals surface area contributed by atoms with E-state index in [0.29, 0.717) is 10.6 Å². The van der Waals surface area contributed by atoms with E-state index in [1.54, 1.807) is 0 Å². The SMILES string of the molecule is CN(C)S(=O)(=O)S1=C(c2ccccc2)C(c2ccccc2)=NN1C#N. The van der Waals surface area contributed by atoms with Gasteiger partial charge in [0.25, 0.3) is 9.06 Å². The molecule has 128 valence electrons. The van der Waals surface area contributed by atoms with E-state index in [1.807, 2.05) is 66.9 Å². The third-order valence-corrected chi connectivity index (χ3v) is 9.12. The number of hydrogen-bond donors (Lipinski definition) is 0. The summed E-state index contributed by atoms with van der Waals surface area (Å²) >= 11 is 0. The van der Waals surface area contributed by atoms with Crippen molar-refractivity contribution in [3.05, 3.63) is 71.8 Å².